The van der Waals surface area contributed by atoms with Crippen LogP contribution in [-0.2, 0) is 22.6 Å². The van der Waals surface area contributed by atoms with E-state index in [0.29, 0.717) is 6.07 Å². The highest BCUT2D eigenvalue weighted by molar-refractivity contribution is 7.90. The molecular formula is C21H15F3N4O3S. The number of nitrogens with zero attached hydrogens (tertiary/aromatic N) is 4. The van der Waals surface area contributed by atoms with E-state index in [9.17, 15) is 26.4 Å². The zero-order valence-corrected chi connectivity index (χ0v) is 17.4. The van der Waals surface area contributed by atoms with Crippen molar-refractivity contribution in [1.82, 2.24) is 19.5 Å². The number of aromatic nitrogens is 4. The molecule has 0 saturated carbocycles. The normalized spacial score (nSPS) is 12.2. The van der Waals surface area contributed by atoms with E-state index in [1.807, 2.05) is 24.3 Å². The highest BCUT2D eigenvalue weighted by Crippen LogP contribution is 2.30. The van der Waals surface area contributed by atoms with Gasteiger partial charge in [-0.2, -0.15) is 13.2 Å². The smallest absolute Gasteiger partial charge is 0.310 e. The molecule has 0 spiro atoms. The Morgan fingerprint density at radius 3 is 2.53 bits per heavy atom. The molecule has 0 fully saturated rings. The van der Waals surface area contributed by atoms with Gasteiger partial charge in [0.05, 0.1) is 17.8 Å². The summed E-state index contributed by atoms with van der Waals surface area (Å²) in [5, 5.41) is -0.0213. The van der Waals surface area contributed by atoms with E-state index >= 15 is 0 Å². The third-order valence-electron chi connectivity index (χ3n) is 4.63. The second kappa shape index (κ2) is 7.83. The van der Waals surface area contributed by atoms with E-state index in [1.54, 1.807) is 12.3 Å². The largest absolute Gasteiger partial charge is 0.433 e. The molecule has 1 aromatic carbocycles. The van der Waals surface area contributed by atoms with E-state index in [1.165, 1.54) is 22.9 Å². The quantitative estimate of drug-likeness (QED) is 0.434. The Labute approximate surface area is 180 Å². The minimum atomic E-state index is -4.87. The second-order valence-corrected chi connectivity index (χ2v) is 9.01. The van der Waals surface area contributed by atoms with E-state index in [4.69, 9.17) is 0 Å². The molecule has 3 aromatic heterocycles. The fourth-order valence-electron chi connectivity index (χ4n) is 3.10. The topological polar surface area (TPSA) is 94.8 Å². The van der Waals surface area contributed by atoms with Crippen LogP contribution in [0.3, 0.4) is 0 Å². The van der Waals surface area contributed by atoms with Gasteiger partial charge in [-0.15, -0.1) is 0 Å². The summed E-state index contributed by atoms with van der Waals surface area (Å²) >= 11 is 0. The Morgan fingerprint density at radius 1 is 1.03 bits per heavy atom. The molecule has 0 amide bonds. The summed E-state index contributed by atoms with van der Waals surface area (Å²) in [4.78, 5) is 23.6. The first kappa shape index (κ1) is 21.6. The fourth-order valence-corrected chi connectivity index (χ4v) is 3.63. The van der Waals surface area contributed by atoms with Crippen molar-refractivity contribution in [3.63, 3.8) is 0 Å². The van der Waals surface area contributed by atoms with Gasteiger partial charge in [-0.05, 0) is 29.8 Å². The maximum absolute atomic E-state index is 13.3. The molecule has 32 heavy (non-hydrogen) atoms. The molecule has 0 radical (unpaired) electrons. The molecule has 0 aliphatic rings. The van der Waals surface area contributed by atoms with Crippen LogP contribution in [0.5, 0.6) is 0 Å². The maximum atomic E-state index is 13.3. The zero-order valence-electron chi connectivity index (χ0n) is 16.5. The van der Waals surface area contributed by atoms with Gasteiger partial charge in [0.2, 0.25) is 15.0 Å². The standard InChI is InChI=1S/C21H15F3N4O3S/c1-32(30,31)20-26-17(10-18(27-20)21(22,23)24)15-6-7-19(29)28(12-15)11-13-4-5-14-3-2-8-25-16(14)9-13/h2-10,12H,11H2,1H3. The molecule has 0 bridgehead atoms. The van der Waals surface area contributed by atoms with Gasteiger partial charge in [-0.25, -0.2) is 18.4 Å². The van der Waals surface area contributed by atoms with Gasteiger partial charge in [0.1, 0.15) is 5.69 Å². The first-order valence-corrected chi connectivity index (χ1v) is 11.1. The fraction of sp³-hybridized carbons (Fsp3) is 0.143. The second-order valence-electron chi connectivity index (χ2n) is 7.11. The van der Waals surface area contributed by atoms with Crippen LogP contribution in [0, 0.1) is 0 Å². The number of fused-ring (bicyclic) bond motifs is 1. The van der Waals surface area contributed by atoms with Crippen LogP contribution in [0.1, 0.15) is 11.3 Å². The number of alkyl halides is 3. The molecule has 7 nitrogen and oxygen atoms in total. The van der Waals surface area contributed by atoms with Crippen LogP contribution in [0.25, 0.3) is 22.2 Å². The SMILES string of the molecule is CS(=O)(=O)c1nc(-c2ccc(=O)n(Cc3ccc4cccnc4c3)c2)cc(C(F)(F)F)n1. The van der Waals surface area contributed by atoms with Crippen LogP contribution in [0.2, 0.25) is 0 Å². The summed E-state index contributed by atoms with van der Waals surface area (Å²) in [7, 11) is -4.10. The number of hydrogen-bond acceptors (Lipinski definition) is 6. The molecule has 0 unspecified atom stereocenters. The van der Waals surface area contributed by atoms with E-state index in [2.05, 4.69) is 15.0 Å². The van der Waals surface area contributed by atoms with E-state index in [-0.39, 0.29) is 23.4 Å². The predicted octanol–water partition coefficient (Wildman–Crippen LogP) is 3.32. The lowest BCUT2D eigenvalue weighted by Gasteiger charge is -2.12. The number of pyridine rings is 2. The summed E-state index contributed by atoms with van der Waals surface area (Å²) in [6, 6.07) is 12.3. The summed E-state index contributed by atoms with van der Waals surface area (Å²) in [5.74, 6) is 0. The van der Waals surface area contributed by atoms with Gasteiger partial charge in [-0.3, -0.25) is 9.78 Å². The number of hydrogen-bond donors (Lipinski definition) is 0. The Balaban J connectivity index is 1.79. The van der Waals surface area contributed by atoms with E-state index in [0.717, 1.165) is 22.7 Å². The predicted molar refractivity (Wildman–Crippen MR) is 111 cm³/mol. The molecule has 0 atom stereocenters. The summed E-state index contributed by atoms with van der Waals surface area (Å²) in [5.41, 5.74) is -0.406. The lowest BCUT2D eigenvalue weighted by molar-refractivity contribution is -0.141. The van der Waals surface area contributed by atoms with Crippen molar-refractivity contribution in [1.29, 1.82) is 0 Å². The highest BCUT2D eigenvalue weighted by Gasteiger charge is 2.35. The minimum absolute atomic E-state index is 0.134. The van der Waals surface area contributed by atoms with Gasteiger partial charge < -0.3 is 4.57 Å². The number of halogens is 3. The van der Waals surface area contributed by atoms with Crippen LogP contribution < -0.4 is 5.56 Å². The molecule has 4 rings (SSSR count). The Hall–Kier alpha value is -3.60. The average molecular weight is 460 g/mol. The molecule has 11 heteroatoms. The lowest BCUT2D eigenvalue weighted by atomic mass is 10.1. The van der Waals surface area contributed by atoms with Gasteiger partial charge in [-0.1, -0.05) is 18.2 Å². The van der Waals surface area contributed by atoms with E-state index < -0.39 is 26.9 Å². The zero-order chi connectivity index (χ0) is 23.1. The lowest BCUT2D eigenvalue weighted by Crippen LogP contribution is -2.19. The van der Waals surface area contributed by atoms with Gasteiger partial charge in [0, 0.05) is 35.7 Å². The third kappa shape index (κ3) is 4.52. The summed E-state index contributed by atoms with van der Waals surface area (Å²) in [6.45, 7) is 0.134. The molecule has 4 aromatic rings. The van der Waals surface area contributed by atoms with Crippen LogP contribution in [-0.4, -0.2) is 34.2 Å². The Kier molecular flexibility index (Phi) is 5.29. The Morgan fingerprint density at radius 2 is 1.81 bits per heavy atom. The molecule has 0 aliphatic carbocycles. The summed E-state index contributed by atoms with van der Waals surface area (Å²) in [6.07, 6.45) is -1.17. The maximum Gasteiger partial charge on any atom is 0.433 e. The monoisotopic (exact) mass is 460 g/mol. The number of rotatable bonds is 4. The minimum Gasteiger partial charge on any atom is -0.310 e. The van der Waals surface area contributed by atoms with Crippen molar-refractivity contribution in [2.75, 3.05) is 6.26 Å². The first-order chi connectivity index (χ1) is 15.0. The van der Waals surface area contributed by atoms with Crippen molar-refractivity contribution in [3.05, 3.63) is 82.5 Å². The summed E-state index contributed by atoms with van der Waals surface area (Å²) < 4.78 is 64.7. The van der Waals surface area contributed by atoms with Gasteiger partial charge >= 0.3 is 6.18 Å². The third-order valence-corrected chi connectivity index (χ3v) is 5.48. The first-order valence-electron chi connectivity index (χ1n) is 9.21. The van der Waals surface area contributed by atoms with Gasteiger partial charge in [0.25, 0.3) is 5.56 Å². The molecule has 0 aliphatic heterocycles. The van der Waals surface area contributed by atoms with Crippen LogP contribution in [0.4, 0.5) is 13.2 Å². The number of benzene rings is 1. The van der Waals surface area contributed by atoms with Crippen LogP contribution in [0.15, 0.2) is 70.9 Å². The molecule has 164 valence electrons. The number of sulfone groups is 1. The van der Waals surface area contributed by atoms with Crippen molar-refractivity contribution >= 4 is 20.7 Å². The average Bonchev–Trinajstić information content (AvgIpc) is 2.73. The molecule has 3 heterocycles. The van der Waals surface area contributed by atoms with Crippen molar-refractivity contribution < 1.29 is 21.6 Å². The van der Waals surface area contributed by atoms with Crippen molar-refractivity contribution in [2.45, 2.75) is 17.9 Å². The molecule has 0 saturated heterocycles. The van der Waals surface area contributed by atoms with Crippen molar-refractivity contribution in [2.24, 2.45) is 0 Å². The molecular weight excluding hydrogens is 445 g/mol. The van der Waals surface area contributed by atoms with Crippen molar-refractivity contribution in [3.8, 4) is 11.3 Å². The highest BCUT2D eigenvalue weighted by atomic mass is 32.2. The van der Waals surface area contributed by atoms with Gasteiger partial charge in [0.15, 0.2) is 0 Å². The molecule has 0 N–H and O–H groups in total. The van der Waals surface area contributed by atoms with Crippen LogP contribution >= 0.6 is 0 Å². The Bertz CT molecular complexity index is 1500.